The third-order valence-electron chi connectivity index (χ3n) is 5.13. The van der Waals surface area contributed by atoms with Crippen molar-refractivity contribution in [2.45, 2.75) is 67.0 Å². The van der Waals surface area contributed by atoms with Gasteiger partial charge in [0.2, 0.25) is 5.91 Å². The second kappa shape index (κ2) is 9.76. The minimum atomic E-state index is -0.00994. The number of nitrogens with one attached hydrogen (secondary N) is 1. The van der Waals surface area contributed by atoms with E-state index in [2.05, 4.69) is 49.7 Å². The SMILES string of the molecule is COc1ccc(C(NC(=O)CCc2c(C)nn(CC(C)C)c2C)C(C)C)cc1. The van der Waals surface area contributed by atoms with Crippen LogP contribution < -0.4 is 10.1 Å². The number of carbonyl (C=O) groups excluding carboxylic acids is 1. The predicted molar refractivity (Wildman–Crippen MR) is 114 cm³/mol. The average Bonchev–Trinajstić information content (AvgIpc) is 2.90. The monoisotopic (exact) mass is 385 g/mol. The Morgan fingerprint density at radius 3 is 2.32 bits per heavy atom. The lowest BCUT2D eigenvalue weighted by Gasteiger charge is -2.23. The first-order valence-corrected chi connectivity index (χ1v) is 10.2. The van der Waals surface area contributed by atoms with E-state index in [1.54, 1.807) is 7.11 Å². The van der Waals surface area contributed by atoms with E-state index in [1.165, 1.54) is 11.3 Å². The Labute approximate surface area is 169 Å². The number of hydrogen-bond donors (Lipinski definition) is 1. The zero-order valence-electron chi connectivity index (χ0n) is 18.4. The minimum absolute atomic E-state index is 0.00994. The summed E-state index contributed by atoms with van der Waals surface area (Å²) in [5.74, 6) is 1.74. The molecule has 1 aromatic heterocycles. The zero-order chi connectivity index (χ0) is 20.8. The van der Waals surface area contributed by atoms with Gasteiger partial charge >= 0.3 is 0 Å². The molecule has 0 spiro atoms. The molecule has 5 heteroatoms. The van der Waals surface area contributed by atoms with Crippen molar-refractivity contribution < 1.29 is 9.53 Å². The summed E-state index contributed by atoms with van der Waals surface area (Å²) in [5.41, 5.74) is 4.50. The van der Waals surface area contributed by atoms with E-state index in [9.17, 15) is 4.79 Å². The second-order valence-electron chi connectivity index (χ2n) is 8.29. The number of nitrogens with zero attached hydrogens (tertiary/aromatic N) is 2. The summed E-state index contributed by atoms with van der Waals surface area (Å²) in [6.07, 6.45) is 1.18. The molecule has 0 aliphatic heterocycles. The Hall–Kier alpha value is -2.30. The van der Waals surface area contributed by atoms with Crippen molar-refractivity contribution in [3.63, 3.8) is 0 Å². The number of hydrogen-bond acceptors (Lipinski definition) is 3. The molecule has 5 nitrogen and oxygen atoms in total. The molecule has 0 fully saturated rings. The molecule has 28 heavy (non-hydrogen) atoms. The third-order valence-corrected chi connectivity index (χ3v) is 5.13. The maximum Gasteiger partial charge on any atom is 0.220 e. The van der Waals surface area contributed by atoms with Gasteiger partial charge in [0.15, 0.2) is 0 Å². The molecule has 0 aliphatic carbocycles. The highest BCUT2D eigenvalue weighted by atomic mass is 16.5. The van der Waals surface area contributed by atoms with Gasteiger partial charge in [-0.25, -0.2) is 0 Å². The zero-order valence-corrected chi connectivity index (χ0v) is 18.4. The molecule has 154 valence electrons. The molecular formula is C23H35N3O2. The normalized spacial score (nSPS) is 12.5. The fourth-order valence-electron chi connectivity index (χ4n) is 3.55. The number of aryl methyl sites for hydroxylation is 1. The lowest BCUT2D eigenvalue weighted by molar-refractivity contribution is -0.122. The van der Waals surface area contributed by atoms with Crippen molar-refractivity contribution in [2.24, 2.45) is 11.8 Å². The van der Waals surface area contributed by atoms with E-state index in [-0.39, 0.29) is 11.9 Å². The molecule has 1 aromatic carbocycles. The topological polar surface area (TPSA) is 56.1 Å². The first-order chi connectivity index (χ1) is 13.2. The number of methoxy groups -OCH3 is 1. The van der Waals surface area contributed by atoms with Crippen LogP contribution in [0.3, 0.4) is 0 Å². The smallest absolute Gasteiger partial charge is 0.220 e. The summed E-state index contributed by atoms with van der Waals surface area (Å²) in [7, 11) is 1.66. The molecule has 1 atom stereocenters. The van der Waals surface area contributed by atoms with Gasteiger partial charge < -0.3 is 10.1 Å². The number of benzene rings is 1. The number of carbonyl (C=O) groups is 1. The Morgan fingerprint density at radius 1 is 1.14 bits per heavy atom. The van der Waals surface area contributed by atoms with Crippen molar-refractivity contribution in [1.82, 2.24) is 15.1 Å². The van der Waals surface area contributed by atoms with Crippen molar-refractivity contribution in [3.05, 3.63) is 46.8 Å². The van der Waals surface area contributed by atoms with Crippen LogP contribution in [-0.2, 0) is 17.8 Å². The number of amides is 1. The van der Waals surface area contributed by atoms with Crippen LogP contribution in [0.1, 0.15) is 62.7 Å². The first kappa shape index (κ1) is 22.0. The van der Waals surface area contributed by atoms with Crippen LogP contribution >= 0.6 is 0 Å². The van der Waals surface area contributed by atoms with Crippen LogP contribution in [0.25, 0.3) is 0 Å². The maximum absolute atomic E-state index is 12.7. The third kappa shape index (κ3) is 5.60. The number of aromatic nitrogens is 2. The Bertz CT molecular complexity index is 776. The van der Waals surface area contributed by atoms with Crippen molar-refractivity contribution in [1.29, 1.82) is 0 Å². The van der Waals surface area contributed by atoms with Crippen LogP contribution in [0.15, 0.2) is 24.3 Å². The van der Waals surface area contributed by atoms with Crippen LogP contribution in [0, 0.1) is 25.7 Å². The second-order valence-corrected chi connectivity index (χ2v) is 8.29. The lowest BCUT2D eigenvalue weighted by atomic mass is 9.95. The molecular weight excluding hydrogens is 350 g/mol. The quantitative estimate of drug-likeness (QED) is 0.686. The van der Waals surface area contributed by atoms with Crippen molar-refractivity contribution >= 4 is 5.91 Å². The van der Waals surface area contributed by atoms with Crippen LogP contribution in [0.5, 0.6) is 5.75 Å². The minimum Gasteiger partial charge on any atom is -0.497 e. The van der Waals surface area contributed by atoms with Gasteiger partial charge in [0.1, 0.15) is 5.75 Å². The van der Waals surface area contributed by atoms with E-state index in [1.807, 2.05) is 31.2 Å². The molecule has 0 saturated carbocycles. The summed E-state index contributed by atoms with van der Waals surface area (Å²) in [5, 5.41) is 7.87. The van der Waals surface area contributed by atoms with Gasteiger partial charge in [-0.05, 0) is 55.4 Å². The van der Waals surface area contributed by atoms with Crippen LogP contribution in [0.4, 0.5) is 0 Å². The summed E-state index contributed by atoms with van der Waals surface area (Å²) in [6.45, 7) is 13.7. The molecule has 1 heterocycles. The largest absolute Gasteiger partial charge is 0.497 e. The predicted octanol–water partition coefficient (Wildman–Crippen LogP) is 4.61. The Kier molecular flexibility index (Phi) is 7.67. The Balaban J connectivity index is 2.02. The highest BCUT2D eigenvalue weighted by Gasteiger charge is 2.19. The van der Waals surface area contributed by atoms with Crippen LogP contribution in [-0.4, -0.2) is 22.8 Å². The van der Waals surface area contributed by atoms with Gasteiger partial charge in [-0.1, -0.05) is 39.8 Å². The Morgan fingerprint density at radius 2 is 1.79 bits per heavy atom. The average molecular weight is 386 g/mol. The van der Waals surface area contributed by atoms with Crippen LogP contribution in [0.2, 0.25) is 0 Å². The van der Waals surface area contributed by atoms with E-state index in [0.29, 0.717) is 18.3 Å². The molecule has 0 radical (unpaired) electrons. The summed E-state index contributed by atoms with van der Waals surface area (Å²) >= 11 is 0. The van der Waals surface area contributed by atoms with E-state index < -0.39 is 0 Å². The fourth-order valence-corrected chi connectivity index (χ4v) is 3.55. The van der Waals surface area contributed by atoms with E-state index in [4.69, 9.17) is 4.74 Å². The molecule has 2 rings (SSSR count). The summed E-state index contributed by atoms with van der Waals surface area (Å²) in [4.78, 5) is 12.7. The molecule has 0 bridgehead atoms. The van der Waals surface area contributed by atoms with E-state index >= 15 is 0 Å². The molecule has 1 unspecified atom stereocenters. The van der Waals surface area contributed by atoms with E-state index in [0.717, 1.165) is 30.0 Å². The lowest BCUT2D eigenvalue weighted by Crippen LogP contribution is -2.31. The first-order valence-electron chi connectivity index (χ1n) is 10.2. The van der Waals surface area contributed by atoms with Gasteiger partial charge in [0.25, 0.3) is 0 Å². The highest BCUT2D eigenvalue weighted by molar-refractivity contribution is 5.76. The van der Waals surface area contributed by atoms with Gasteiger partial charge in [-0.15, -0.1) is 0 Å². The number of ether oxygens (including phenoxy) is 1. The fraction of sp³-hybridized carbons (Fsp3) is 0.565. The molecule has 1 N–H and O–H groups in total. The van der Waals surface area contributed by atoms with Crippen molar-refractivity contribution in [2.75, 3.05) is 7.11 Å². The molecule has 0 saturated heterocycles. The maximum atomic E-state index is 12.7. The van der Waals surface area contributed by atoms with Gasteiger partial charge in [-0.2, -0.15) is 5.10 Å². The van der Waals surface area contributed by atoms with Crippen molar-refractivity contribution in [3.8, 4) is 5.75 Å². The van der Waals surface area contributed by atoms with Gasteiger partial charge in [-0.3, -0.25) is 9.48 Å². The summed E-state index contributed by atoms with van der Waals surface area (Å²) < 4.78 is 7.30. The van der Waals surface area contributed by atoms with Gasteiger partial charge in [0, 0.05) is 18.7 Å². The molecule has 2 aromatic rings. The highest BCUT2D eigenvalue weighted by Crippen LogP contribution is 2.24. The molecule has 0 aliphatic rings. The standard InChI is InChI=1S/C23H35N3O2/c1-15(2)14-26-18(6)21(17(5)25-26)12-13-22(27)24-23(16(3)4)19-8-10-20(28-7)11-9-19/h8-11,15-16,23H,12-14H2,1-7H3,(H,24,27). The molecule has 1 amide bonds. The van der Waals surface area contributed by atoms with Gasteiger partial charge in [0.05, 0.1) is 18.8 Å². The number of rotatable bonds is 9. The summed E-state index contributed by atoms with van der Waals surface area (Å²) in [6, 6.07) is 7.91.